The second kappa shape index (κ2) is 5.65. The van der Waals surface area contributed by atoms with E-state index >= 15 is 0 Å². The molecule has 0 radical (unpaired) electrons. The molecule has 1 aliphatic carbocycles. The molecule has 6 nitrogen and oxygen atoms in total. The van der Waals surface area contributed by atoms with Gasteiger partial charge in [0.25, 0.3) is 0 Å². The summed E-state index contributed by atoms with van der Waals surface area (Å²) in [4.78, 5) is 33.3. The van der Waals surface area contributed by atoms with E-state index in [1.165, 1.54) is 13.8 Å². The van der Waals surface area contributed by atoms with Gasteiger partial charge in [0.05, 0.1) is 0 Å². The Labute approximate surface area is 99.8 Å². The maximum Gasteiger partial charge on any atom is 0.326 e. The van der Waals surface area contributed by atoms with Crippen LogP contribution in [0.3, 0.4) is 0 Å². The zero-order chi connectivity index (χ0) is 13.0. The van der Waals surface area contributed by atoms with Crippen molar-refractivity contribution in [1.82, 2.24) is 10.6 Å². The molecule has 0 aromatic heterocycles. The molecule has 1 aliphatic rings. The number of nitrogens with one attached hydrogen (secondary N) is 2. The van der Waals surface area contributed by atoms with E-state index in [1.54, 1.807) is 0 Å². The van der Waals surface area contributed by atoms with Crippen LogP contribution in [0.15, 0.2) is 0 Å². The fraction of sp³-hybridized carbons (Fsp3) is 0.727. The van der Waals surface area contributed by atoms with Crippen molar-refractivity contribution < 1.29 is 19.5 Å². The summed E-state index contributed by atoms with van der Waals surface area (Å²) in [6.07, 6.45) is 2.52. The number of carboxylic acids is 1. The van der Waals surface area contributed by atoms with Gasteiger partial charge in [-0.15, -0.1) is 0 Å². The molecule has 3 N–H and O–H groups in total. The molecule has 0 aromatic carbocycles. The van der Waals surface area contributed by atoms with E-state index in [-0.39, 0.29) is 5.91 Å². The molecule has 1 rings (SSSR count). The molecule has 0 aromatic rings. The molecule has 0 saturated heterocycles. The molecule has 2 unspecified atom stereocenters. The number of aliphatic carboxylic acids is 1. The van der Waals surface area contributed by atoms with Crippen LogP contribution in [0.25, 0.3) is 0 Å². The van der Waals surface area contributed by atoms with Gasteiger partial charge in [0, 0.05) is 6.92 Å². The van der Waals surface area contributed by atoms with E-state index in [1.807, 2.05) is 0 Å². The first-order valence-electron chi connectivity index (χ1n) is 5.70. The number of rotatable bonds is 6. The van der Waals surface area contributed by atoms with E-state index in [4.69, 9.17) is 5.11 Å². The molecule has 2 amide bonds. The Bertz CT molecular complexity index is 325. The van der Waals surface area contributed by atoms with Crippen LogP contribution >= 0.6 is 0 Å². The van der Waals surface area contributed by atoms with Crippen molar-refractivity contribution in [2.75, 3.05) is 0 Å². The van der Waals surface area contributed by atoms with Crippen molar-refractivity contribution in [3.05, 3.63) is 0 Å². The molecule has 2 atom stereocenters. The van der Waals surface area contributed by atoms with Gasteiger partial charge in [0.2, 0.25) is 11.8 Å². The van der Waals surface area contributed by atoms with Crippen LogP contribution in [-0.2, 0) is 14.4 Å². The quantitative estimate of drug-likeness (QED) is 0.605. The standard InChI is InChI=1S/C11H18N2O4/c1-6(12-7(2)14)10(15)13-9(11(16)17)5-8-3-4-8/h6,8-9H,3-5H2,1-2H3,(H,12,14)(H,13,15)(H,16,17). The van der Waals surface area contributed by atoms with E-state index in [0.29, 0.717) is 12.3 Å². The molecule has 0 spiro atoms. The van der Waals surface area contributed by atoms with Gasteiger partial charge >= 0.3 is 5.97 Å². The number of hydrogen-bond acceptors (Lipinski definition) is 3. The van der Waals surface area contributed by atoms with Gasteiger partial charge in [0.1, 0.15) is 12.1 Å². The summed E-state index contributed by atoms with van der Waals surface area (Å²) in [5, 5.41) is 13.8. The third-order valence-corrected chi connectivity index (χ3v) is 2.69. The average molecular weight is 242 g/mol. The Morgan fingerprint density at radius 2 is 1.88 bits per heavy atom. The number of amides is 2. The number of carboxylic acid groups (broad SMARTS) is 1. The van der Waals surface area contributed by atoms with Gasteiger partial charge in [-0.1, -0.05) is 12.8 Å². The maximum atomic E-state index is 11.6. The van der Waals surface area contributed by atoms with Crippen molar-refractivity contribution in [1.29, 1.82) is 0 Å². The molecule has 1 fully saturated rings. The Hall–Kier alpha value is -1.59. The number of carbonyl (C=O) groups is 3. The second-order valence-corrected chi connectivity index (χ2v) is 4.50. The van der Waals surface area contributed by atoms with Crippen molar-refractivity contribution in [2.24, 2.45) is 5.92 Å². The largest absolute Gasteiger partial charge is 0.480 e. The monoisotopic (exact) mass is 242 g/mol. The summed E-state index contributed by atoms with van der Waals surface area (Å²) in [5.74, 6) is -1.40. The fourth-order valence-electron chi connectivity index (χ4n) is 1.58. The summed E-state index contributed by atoms with van der Waals surface area (Å²) < 4.78 is 0. The van der Waals surface area contributed by atoms with Gasteiger partial charge in [-0.3, -0.25) is 9.59 Å². The average Bonchev–Trinajstić information content (AvgIpc) is 2.99. The zero-order valence-corrected chi connectivity index (χ0v) is 10.0. The molecule has 6 heteroatoms. The number of hydrogen-bond donors (Lipinski definition) is 3. The molecular weight excluding hydrogens is 224 g/mol. The summed E-state index contributed by atoms with van der Waals surface area (Å²) in [6, 6.07) is -1.57. The summed E-state index contributed by atoms with van der Waals surface area (Å²) in [5.41, 5.74) is 0. The van der Waals surface area contributed by atoms with Crippen molar-refractivity contribution in [2.45, 2.75) is 45.2 Å². The van der Waals surface area contributed by atoms with Crippen LogP contribution in [0.5, 0.6) is 0 Å². The lowest BCUT2D eigenvalue weighted by Crippen LogP contribution is -2.50. The minimum absolute atomic E-state index is 0.318. The molecule has 17 heavy (non-hydrogen) atoms. The highest BCUT2D eigenvalue weighted by Gasteiger charge is 2.31. The lowest BCUT2D eigenvalue weighted by Gasteiger charge is -2.18. The summed E-state index contributed by atoms with van der Waals surface area (Å²) >= 11 is 0. The highest BCUT2D eigenvalue weighted by molar-refractivity contribution is 5.89. The van der Waals surface area contributed by atoms with E-state index < -0.39 is 24.0 Å². The minimum atomic E-state index is -1.03. The SMILES string of the molecule is CC(=O)NC(C)C(=O)NC(CC1CC1)C(=O)O. The minimum Gasteiger partial charge on any atom is -0.480 e. The molecule has 0 heterocycles. The second-order valence-electron chi connectivity index (χ2n) is 4.50. The molecule has 0 aliphatic heterocycles. The van der Waals surface area contributed by atoms with Crippen molar-refractivity contribution >= 4 is 17.8 Å². The van der Waals surface area contributed by atoms with Gasteiger partial charge in [0.15, 0.2) is 0 Å². The predicted molar refractivity (Wildman–Crippen MR) is 60.2 cm³/mol. The summed E-state index contributed by atoms with van der Waals surface area (Å²) in [7, 11) is 0. The van der Waals surface area contributed by atoms with Crippen LogP contribution in [0.2, 0.25) is 0 Å². The molecule has 96 valence electrons. The smallest absolute Gasteiger partial charge is 0.326 e. The first-order valence-corrected chi connectivity index (χ1v) is 5.70. The van der Waals surface area contributed by atoms with E-state index in [0.717, 1.165) is 12.8 Å². The Morgan fingerprint density at radius 3 is 2.29 bits per heavy atom. The fourth-order valence-corrected chi connectivity index (χ4v) is 1.58. The lowest BCUT2D eigenvalue weighted by atomic mass is 10.1. The first kappa shape index (κ1) is 13.5. The third-order valence-electron chi connectivity index (χ3n) is 2.69. The maximum absolute atomic E-state index is 11.6. The predicted octanol–water partition coefficient (Wildman–Crippen LogP) is -0.119. The van der Waals surface area contributed by atoms with E-state index in [9.17, 15) is 14.4 Å². The van der Waals surface area contributed by atoms with Crippen molar-refractivity contribution in [3.63, 3.8) is 0 Å². The van der Waals surface area contributed by atoms with Crippen LogP contribution in [0.4, 0.5) is 0 Å². The van der Waals surface area contributed by atoms with Crippen LogP contribution in [-0.4, -0.2) is 35.0 Å². The summed E-state index contributed by atoms with van der Waals surface area (Å²) in [6.45, 7) is 2.83. The van der Waals surface area contributed by atoms with Gasteiger partial charge in [-0.25, -0.2) is 4.79 Å². The molecule has 0 bridgehead atoms. The Morgan fingerprint density at radius 1 is 1.29 bits per heavy atom. The van der Waals surface area contributed by atoms with Gasteiger partial charge in [-0.05, 0) is 19.3 Å². The number of carbonyl (C=O) groups excluding carboxylic acids is 2. The molecule has 1 saturated carbocycles. The normalized spacial score (nSPS) is 18.0. The lowest BCUT2D eigenvalue weighted by molar-refractivity contribution is -0.142. The first-order chi connectivity index (χ1) is 7.90. The highest BCUT2D eigenvalue weighted by atomic mass is 16.4. The van der Waals surface area contributed by atoms with Gasteiger partial charge in [-0.2, -0.15) is 0 Å². The topological polar surface area (TPSA) is 95.5 Å². The Balaban J connectivity index is 2.44. The highest BCUT2D eigenvalue weighted by Crippen LogP contribution is 2.33. The van der Waals surface area contributed by atoms with Crippen LogP contribution < -0.4 is 10.6 Å². The third kappa shape index (κ3) is 4.84. The van der Waals surface area contributed by atoms with E-state index in [2.05, 4.69) is 10.6 Å². The van der Waals surface area contributed by atoms with Crippen LogP contribution in [0, 0.1) is 5.92 Å². The van der Waals surface area contributed by atoms with Crippen LogP contribution in [0.1, 0.15) is 33.1 Å². The zero-order valence-electron chi connectivity index (χ0n) is 10.0. The van der Waals surface area contributed by atoms with Crippen molar-refractivity contribution in [3.8, 4) is 0 Å². The Kier molecular flexibility index (Phi) is 4.48. The molecular formula is C11H18N2O4. The van der Waals surface area contributed by atoms with Gasteiger partial charge < -0.3 is 15.7 Å².